The highest BCUT2D eigenvalue weighted by Crippen LogP contribution is 2.22. The molecule has 0 aromatic heterocycles. The third kappa shape index (κ3) is 4.28. The summed E-state index contributed by atoms with van der Waals surface area (Å²) >= 11 is 0. The monoisotopic (exact) mass is 268 g/mol. The lowest BCUT2D eigenvalue weighted by molar-refractivity contribution is -0.0208. The van der Waals surface area contributed by atoms with E-state index in [0.717, 1.165) is 17.5 Å². The number of allylic oxidation sites excluding steroid dienone is 4. The second-order valence-corrected chi connectivity index (χ2v) is 4.33. The summed E-state index contributed by atoms with van der Waals surface area (Å²) in [7, 11) is 1.10. The quantitative estimate of drug-likeness (QED) is 0.433. The number of hydrogen-bond acceptors (Lipinski definition) is 4. The van der Waals surface area contributed by atoms with E-state index in [1.54, 1.807) is 13.2 Å². The minimum atomic E-state index is -1.13. The predicted molar refractivity (Wildman–Crippen MR) is 70.3 cm³/mol. The van der Waals surface area contributed by atoms with Crippen LogP contribution in [0.3, 0.4) is 0 Å². The van der Waals surface area contributed by atoms with Crippen molar-refractivity contribution >= 4 is 7.12 Å². The highest BCUT2D eigenvalue weighted by Gasteiger charge is 2.29. The molecule has 2 aliphatic rings. The molecule has 0 radical (unpaired) electrons. The van der Waals surface area contributed by atoms with Gasteiger partial charge in [-0.25, -0.2) is 4.39 Å². The molecule has 6 heteroatoms. The van der Waals surface area contributed by atoms with Gasteiger partial charge in [-0.2, -0.15) is 0 Å². The highest BCUT2D eigenvalue weighted by atomic mass is 19.1. The maximum atomic E-state index is 13.6. The largest absolute Gasteiger partial charge is 0.494 e. The van der Waals surface area contributed by atoms with Crippen molar-refractivity contribution in [3.63, 3.8) is 0 Å². The molecule has 0 saturated carbocycles. The average Bonchev–Trinajstić information content (AvgIpc) is 2.62. The Morgan fingerprint density at radius 1 is 1.42 bits per heavy atom. The summed E-state index contributed by atoms with van der Waals surface area (Å²) in [6.07, 6.45) is 6.25. The Kier molecular flexibility index (Phi) is 5.78. The molecule has 1 fully saturated rings. The Hall–Kier alpha value is -0.945. The van der Waals surface area contributed by atoms with E-state index in [2.05, 4.69) is 0 Å². The summed E-state index contributed by atoms with van der Waals surface area (Å²) < 4.78 is 34.9. The number of halogens is 1. The normalized spacial score (nSPS) is 23.9. The molecule has 0 spiro atoms. The van der Waals surface area contributed by atoms with E-state index in [1.165, 1.54) is 12.2 Å². The topological polar surface area (TPSA) is 36.9 Å². The molecule has 1 aliphatic heterocycles. The molecule has 0 amide bonds. The van der Waals surface area contributed by atoms with E-state index < -0.39 is 13.3 Å². The summed E-state index contributed by atoms with van der Waals surface area (Å²) in [5, 5.41) is 0. The minimum absolute atomic E-state index is 0.168. The molecular formula is C13H18BFO4. The number of rotatable bonds is 5. The molecule has 0 aromatic carbocycles. The van der Waals surface area contributed by atoms with E-state index in [9.17, 15) is 4.39 Å². The van der Waals surface area contributed by atoms with Crippen molar-refractivity contribution in [2.75, 3.05) is 33.7 Å². The summed E-state index contributed by atoms with van der Waals surface area (Å²) in [6, 6.07) is 0. The van der Waals surface area contributed by atoms with Gasteiger partial charge in [0.25, 0.3) is 0 Å². The molecule has 1 heterocycles. The van der Waals surface area contributed by atoms with Gasteiger partial charge in [0.1, 0.15) is 13.0 Å². The Morgan fingerprint density at radius 3 is 2.95 bits per heavy atom. The van der Waals surface area contributed by atoms with Crippen molar-refractivity contribution < 1.29 is 23.2 Å². The summed E-state index contributed by atoms with van der Waals surface area (Å²) in [4.78, 5) is 0. The maximum Gasteiger partial charge on any atom is 0.494 e. The van der Waals surface area contributed by atoms with Crippen LogP contribution in [0.4, 0.5) is 4.39 Å². The molecular weight excluding hydrogens is 250 g/mol. The van der Waals surface area contributed by atoms with E-state index in [4.69, 9.17) is 18.8 Å². The second kappa shape index (κ2) is 7.60. The van der Waals surface area contributed by atoms with Crippen molar-refractivity contribution in [2.45, 2.75) is 12.6 Å². The van der Waals surface area contributed by atoms with Gasteiger partial charge >= 0.3 is 7.12 Å². The summed E-state index contributed by atoms with van der Waals surface area (Å²) in [6.45, 7) is 1.74. The van der Waals surface area contributed by atoms with Gasteiger partial charge in [0.05, 0.1) is 6.61 Å². The molecule has 1 aliphatic carbocycles. The Bertz CT molecular complexity index is 375. The van der Waals surface area contributed by atoms with Crippen LogP contribution < -0.4 is 0 Å². The number of ether oxygens (including phenoxy) is 2. The first-order chi connectivity index (χ1) is 9.31. The van der Waals surface area contributed by atoms with E-state index in [0.29, 0.717) is 13.2 Å². The number of methoxy groups -OCH3 is 1. The standard InChI is InChI=1S/C13H18BFO4/c1-16-10-17-9-11-8-12(15)4-2-5-13(11)14-18-6-3-7-19-14/h2,4-5,8,12H,3,6-7,9-10H2,1H3. The van der Waals surface area contributed by atoms with Crippen molar-refractivity contribution in [2.24, 2.45) is 0 Å². The fraction of sp³-hybridized carbons (Fsp3) is 0.538. The van der Waals surface area contributed by atoms with Crippen LogP contribution in [0, 0.1) is 0 Å². The third-order valence-corrected chi connectivity index (χ3v) is 2.84. The molecule has 104 valence electrons. The van der Waals surface area contributed by atoms with Gasteiger partial charge in [0.2, 0.25) is 0 Å². The first-order valence-corrected chi connectivity index (χ1v) is 6.34. The smallest absolute Gasteiger partial charge is 0.407 e. The first kappa shape index (κ1) is 14.5. The van der Waals surface area contributed by atoms with Gasteiger partial charge in [0, 0.05) is 20.3 Å². The molecule has 0 aromatic rings. The van der Waals surface area contributed by atoms with Gasteiger partial charge in [-0.3, -0.25) is 0 Å². The third-order valence-electron chi connectivity index (χ3n) is 2.84. The number of hydrogen-bond donors (Lipinski definition) is 0. The maximum absolute atomic E-state index is 13.6. The van der Waals surface area contributed by atoms with Crippen LogP contribution in [0.2, 0.25) is 0 Å². The van der Waals surface area contributed by atoms with Gasteiger partial charge in [0.15, 0.2) is 0 Å². The zero-order valence-electron chi connectivity index (χ0n) is 11.0. The molecule has 19 heavy (non-hydrogen) atoms. The minimum Gasteiger partial charge on any atom is -0.407 e. The average molecular weight is 268 g/mol. The first-order valence-electron chi connectivity index (χ1n) is 6.34. The van der Waals surface area contributed by atoms with Crippen LogP contribution in [0.5, 0.6) is 0 Å². The van der Waals surface area contributed by atoms with Crippen molar-refractivity contribution in [3.05, 3.63) is 35.3 Å². The van der Waals surface area contributed by atoms with Crippen molar-refractivity contribution in [1.29, 1.82) is 0 Å². The lowest BCUT2D eigenvalue weighted by Crippen LogP contribution is -2.33. The van der Waals surface area contributed by atoms with Gasteiger partial charge in [-0.15, -0.1) is 0 Å². The summed E-state index contributed by atoms with van der Waals surface area (Å²) in [5.74, 6) is 0. The van der Waals surface area contributed by atoms with Gasteiger partial charge in [-0.05, 0) is 29.6 Å². The highest BCUT2D eigenvalue weighted by molar-refractivity contribution is 6.55. The molecule has 2 rings (SSSR count). The molecule has 0 bridgehead atoms. The zero-order valence-corrected chi connectivity index (χ0v) is 11.0. The van der Waals surface area contributed by atoms with E-state index in [-0.39, 0.29) is 13.4 Å². The predicted octanol–water partition coefficient (Wildman–Crippen LogP) is 1.83. The Labute approximate surface area is 113 Å². The molecule has 1 saturated heterocycles. The Morgan fingerprint density at radius 2 is 2.21 bits per heavy atom. The van der Waals surface area contributed by atoms with Crippen molar-refractivity contribution in [1.82, 2.24) is 0 Å². The molecule has 1 atom stereocenters. The van der Waals surface area contributed by atoms with Crippen LogP contribution in [-0.2, 0) is 18.8 Å². The number of alkyl halides is 1. The van der Waals surface area contributed by atoms with Gasteiger partial charge in [-0.1, -0.05) is 12.2 Å². The molecule has 0 N–H and O–H groups in total. The Balaban J connectivity index is 2.08. The van der Waals surface area contributed by atoms with Crippen LogP contribution >= 0.6 is 0 Å². The molecule has 1 unspecified atom stereocenters. The van der Waals surface area contributed by atoms with Crippen molar-refractivity contribution in [3.8, 4) is 0 Å². The van der Waals surface area contributed by atoms with Crippen LogP contribution in [-0.4, -0.2) is 47.0 Å². The second-order valence-electron chi connectivity index (χ2n) is 4.33. The van der Waals surface area contributed by atoms with E-state index in [1.807, 2.05) is 6.08 Å². The molecule has 4 nitrogen and oxygen atoms in total. The SMILES string of the molecule is COCOCC1=CC(F)C=CC=C1B1OCCCO1. The fourth-order valence-corrected chi connectivity index (χ4v) is 1.98. The fourth-order valence-electron chi connectivity index (χ4n) is 1.98. The lowest BCUT2D eigenvalue weighted by atomic mass is 9.72. The van der Waals surface area contributed by atoms with Gasteiger partial charge < -0.3 is 18.8 Å². The van der Waals surface area contributed by atoms with Crippen LogP contribution in [0.25, 0.3) is 0 Å². The lowest BCUT2D eigenvalue weighted by Gasteiger charge is -2.23. The van der Waals surface area contributed by atoms with Crippen LogP contribution in [0.15, 0.2) is 35.3 Å². The zero-order chi connectivity index (χ0) is 13.5. The summed E-state index contributed by atoms with van der Waals surface area (Å²) in [5.41, 5.74) is 1.55. The van der Waals surface area contributed by atoms with E-state index >= 15 is 0 Å². The van der Waals surface area contributed by atoms with Crippen LogP contribution in [0.1, 0.15) is 6.42 Å².